The van der Waals surface area contributed by atoms with Crippen molar-refractivity contribution < 1.29 is 29.7 Å². The molecule has 4 atom stereocenters. The van der Waals surface area contributed by atoms with Crippen LogP contribution < -0.4 is 16.4 Å². The predicted octanol–water partition coefficient (Wildman–Crippen LogP) is -2.21. The second-order valence-electron chi connectivity index (χ2n) is 5.54. The number of carbonyl (C=O) groups excluding carboxylic acids is 2. The maximum Gasteiger partial charge on any atom is 0.328 e. The van der Waals surface area contributed by atoms with Gasteiger partial charge in [-0.15, -0.1) is 0 Å². The molecule has 0 saturated heterocycles. The predicted molar refractivity (Wildman–Crippen MR) is 77.7 cm³/mol. The summed E-state index contributed by atoms with van der Waals surface area (Å²) in [7, 11) is 0. The molecule has 0 saturated carbocycles. The summed E-state index contributed by atoms with van der Waals surface area (Å²) in [5.41, 5.74) is 5.49. The summed E-state index contributed by atoms with van der Waals surface area (Å²) < 4.78 is 0. The Kier molecular flexibility index (Phi) is 8.61. The number of carboxylic acid groups (broad SMARTS) is 1. The lowest BCUT2D eigenvalue weighted by molar-refractivity contribution is -0.143. The first-order chi connectivity index (χ1) is 10.1. The molecule has 22 heavy (non-hydrogen) atoms. The summed E-state index contributed by atoms with van der Waals surface area (Å²) >= 11 is 0. The van der Waals surface area contributed by atoms with Crippen molar-refractivity contribution in [3.05, 3.63) is 0 Å². The Morgan fingerprint density at radius 2 is 1.55 bits per heavy atom. The van der Waals surface area contributed by atoms with Gasteiger partial charge in [-0.05, 0) is 19.3 Å². The summed E-state index contributed by atoms with van der Waals surface area (Å²) in [6.45, 7) is 4.22. The summed E-state index contributed by atoms with van der Waals surface area (Å²) in [4.78, 5) is 34.7. The van der Waals surface area contributed by atoms with Crippen molar-refractivity contribution in [3.63, 3.8) is 0 Å². The van der Waals surface area contributed by atoms with E-state index in [0.29, 0.717) is 0 Å². The lowest BCUT2D eigenvalue weighted by Gasteiger charge is -2.24. The molecule has 0 bridgehead atoms. The van der Waals surface area contributed by atoms with Gasteiger partial charge in [0.05, 0.1) is 12.7 Å². The average Bonchev–Trinajstić information content (AvgIpc) is 2.41. The lowest BCUT2D eigenvalue weighted by Crippen LogP contribution is -2.57. The normalized spacial score (nSPS) is 16.5. The minimum absolute atomic E-state index is 0.0382. The molecule has 128 valence electrons. The highest BCUT2D eigenvalue weighted by Gasteiger charge is 2.29. The monoisotopic (exact) mass is 319 g/mol. The van der Waals surface area contributed by atoms with Crippen molar-refractivity contribution in [2.45, 2.75) is 51.4 Å². The zero-order valence-electron chi connectivity index (χ0n) is 12.9. The molecule has 0 aromatic heterocycles. The van der Waals surface area contributed by atoms with Gasteiger partial charge in [-0.1, -0.05) is 13.8 Å². The molecule has 4 unspecified atom stereocenters. The Balaban J connectivity index is 4.93. The van der Waals surface area contributed by atoms with E-state index < -0.39 is 48.6 Å². The Labute approximate surface area is 128 Å². The number of amides is 2. The van der Waals surface area contributed by atoms with Gasteiger partial charge in [-0.2, -0.15) is 0 Å². The van der Waals surface area contributed by atoms with E-state index in [0.717, 1.165) is 0 Å². The van der Waals surface area contributed by atoms with Gasteiger partial charge in [0, 0.05) is 0 Å². The van der Waals surface area contributed by atoms with E-state index in [1.165, 1.54) is 6.92 Å². The molecule has 0 fully saturated rings. The largest absolute Gasteiger partial charge is 0.480 e. The summed E-state index contributed by atoms with van der Waals surface area (Å²) in [6, 6.07) is -3.66. The zero-order chi connectivity index (χ0) is 17.4. The summed E-state index contributed by atoms with van der Waals surface area (Å²) in [5, 5.41) is 31.5. The third-order valence-electron chi connectivity index (χ3n) is 2.96. The molecule has 0 aliphatic rings. The molecule has 9 nitrogen and oxygen atoms in total. The van der Waals surface area contributed by atoms with E-state index in [2.05, 4.69) is 10.6 Å². The molecule has 7 N–H and O–H groups in total. The zero-order valence-corrected chi connectivity index (χ0v) is 12.9. The highest BCUT2D eigenvalue weighted by atomic mass is 16.4. The molecule has 0 heterocycles. The highest BCUT2D eigenvalue weighted by molar-refractivity contribution is 5.91. The third kappa shape index (κ3) is 6.83. The van der Waals surface area contributed by atoms with Gasteiger partial charge in [0.15, 0.2) is 0 Å². The first-order valence-corrected chi connectivity index (χ1v) is 6.98. The van der Waals surface area contributed by atoms with E-state index >= 15 is 0 Å². The van der Waals surface area contributed by atoms with Crippen LogP contribution in [0, 0.1) is 5.92 Å². The van der Waals surface area contributed by atoms with Crippen molar-refractivity contribution in [2.75, 3.05) is 6.61 Å². The van der Waals surface area contributed by atoms with Crippen LogP contribution >= 0.6 is 0 Å². The molecular formula is C13H25N3O6. The Morgan fingerprint density at radius 3 is 1.91 bits per heavy atom. The Hall–Kier alpha value is -1.71. The maximum atomic E-state index is 12.1. The molecule has 0 spiro atoms. The van der Waals surface area contributed by atoms with Crippen LogP contribution in [0.15, 0.2) is 0 Å². The first-order valence-electron chi connectivity index (χ1n) is 6.98. The van der Waals surface area contributed by atoms with Gasteiger partial charge < -0.3 is 31.7 Å². The second kappa shape index (κ2) is 9.34. The van der Waals surface area contributed by atoms with Crippen molar-refractivity contribution in [3.8, 4) is 0 Å². The molecule has 0 aliphatic heterocycles. The highest BCUT2D eigenvalue weighted by Crippen LogP contribution is 2.06. The first kappa shape index (κ1) is 20.3. The van der Waals surface area contributed by atoms with Crippen molar-refractivity contribution in [2.24, 2.45) is 11.7 Å². The molecule has 0 radical (unpaired) electrons. The Morgan fingerprint density at radius 1 is 1.05 bits per heavy atom. The van der Waals surface area contributed by atoms with Gasteiger partial charge in [-0.25, -0.2) is 4.79 Å². The lowest BCUT2D eigenvalue weighted by atomic mass is 10.0. The minimum Gasteiger partial charge on any atom is -0.480 e. The van der Waals surface area contributed by atoms with Gasteiger partial charge in [0.2, 0.25) is 11.8 Å². The van der Waals surface area contributed by atoms with Gasteiger partial charge in [0.1, 0.15) is 18.1 Å². The fraction of sp³-hybridized carbons (Fsp3) is 0.769. The van der Waals surface area contributed by atoms with Crippen molar-refractivity contribution in [1.29, 1.82) is 0 Å². The average molecular weight is 319 g/mol. The van der Waals surface area contributed by atoms with Crippen LogP contribution in [-0.4, -0.2) is 63.9 Å². The minimum atomic E-state index is -1.45. The second-order valence-corrected chi connectivity index (χ2v) is 5.54. The smallest absolute Gasteiger partial charge is 0.328 e. The van der Waals surface area contributed by atoms with E-state index in [9.17, 15) is 19.5 Å². The van der Waals surface area contributed by atoms with Crippen LogP contribution in [-0.2, 0) is 14.4 Å². The topological polar surface area (TPSA) is 162 Å². The standard InChI is InChI=1S/C13H25N3O6/c1-6(2)4-8(15-12(20)10(14)7(3)18)11(19)16-9(5-17)13(21)22/h6-10,17-18H,4-5,14H2,1-3H3,(H,15,20)(H,16,19)(H,21,22). The van der Waals surface area contributed by atoms with Crippen LogP contribution in [0.1, 0.15) is 27.2 Å². The number of aliphatic hydroxyl groups is 2. The quantitative estimate of drug-likeness (QED) is 0.280. The number of aliphatic hydroxyl groups excluding tert-OH is 2. The Bertz CT molecular complexity index is 399. The van der Waals surface area contributed by atoms with Gasteiger partial charge in [-0.3, -0.25) is 9.59 Å². The number of nitrogens with one attached hydrogen (secondary N) is 2. The molecule has 0 aliphatic carbocycles. The van der Waals surface area contributed by atoms with Crippen molar-refractivity contribution >= 4 is 17.8 Å². The number of hydrogen-bond donors (Lipinski definition) is 6. The number of aliphatic carboxylic acids is 1. The molecule has 2 amide bonds. The molecule has 0 aromatic carbocycles. The van der Waals surface area contributed by atoms with E-state index in [1.54, 1.807) is 0 Å². The fourth-order valence-corrected chi connectivity index (χ4v) is 1.65. The SMILES string of the molecule is CC(C)CC(NC(=O)C(N)C(C)O)C(=O)NC(CO)C(=O)O. The number of carbonyl (C=O) groups is 3. The summed E-state index contributed by atoms with van der Waals surface area (Å²) in [5.74, 6) is -2.80. The van der Waals surface area contributed by atoms with Crippen molar-refractivity contribution in [1.82, 2.24) is 10.6 Å². The van der Waals surface area contributed by atoms with Crippen LogP contribution in [0.3, 0.4) is 0 Å². The van der Waals surface area contributed by atoms with Gasteiger partial charge in [0.25, 0.3) is 0 Å². The maximum absolute atomic E-state index is 12.1. The number of carboxylic acids is 1. The van der Waals surface area contributed by atoms with Crippen LogP contribution in [0.2, 0.25) is 0 Å². The molecule has 0 rings (SSSR count). The van der Waals surface area contributed by atoms with E-state index in [-0.39, 0.29) is 12.3 Å². The van der Waals surface area contributed by atoms with Crippen LogP contribution in [0.4, 0.5) is 0 Å². The van der Waals surface area contributed by atoms with Gasteiger partial charge >= 0.3 is 5.97 Å². The fourth-order valence-electron chi connectivity index (χ4n) is 1.65. The number of hydrogen-bond acceptors (Lipinski definition) is 6. The number of nitrogens with two attached hydrogens (primary N) is 1. The number of rotatable bonds is 9. The van der Waals surface area contributed by atoms with Crippen LogP contribution in [0.25, 0.3) is 0 Å². The molecule has 9 heteroatoms. The third-order valence-corrected chi connectivity index (χ3v) is 2.96. The van der Waals surface area contributed by atoms with E-state index in [1.807, 2.05) is 13.8 Å². The molecular weight excluding hydrogens is 294 g/mol. The summed E-state index contributed by atoms with van der Waals surface area (Å²) in [6.07, 6.45) is -0.839. The van der Waals surface area contributed by atoms with Crippen LogP contribution in [0.5, 0.6) is 0 Å². The molecule has 0 aromatic rings. The van der Waals surface area contributed by atoms with E-state index in [4.69, 9.17) is 15.9 Å².